The van der Waals surface area contributed by atoms with Gasteiger partial charge in [-0.1, -0.05) is 27.7 Å². The molecule has 1 saturated carbocycles. The van der Waals surface area contributed by atoms with Crippen molar-refractivity contribution in [3.8, 4) is 0 Å². The van der Waals surface area contributed by atoms with Crippen molar-refractivity contribution >= 4 is 5.91 Å². The molecule has 1 atom stereocenters. The van der Waals surface area contributed by atoms with Crippen molar-refractivity contribution in [2.75, 3.05) is 26.3 Å². The van der Waals surface area contributed by atoms with E-state index < -0.39 is 0 Å². The van der Waals surface area contributed by atoms with E-state index in [4.69, 9.17) is 9.84 Å². The van der Waals surface area contributed by atoms with E-state index in [-0.39, 0.29) is 35.4 Å². The monoisotopic (exact) mass is 241 g/mol. The number of amides is 1. The molecular formula is C13H23NO3. The van der Waals surface area contributed by atoms with Gasteiger partial charge in [0.2, 0.25) is 5.91 Å². The molecule has 1 N–H and O–H groups in total. The van der Waals surface area contributed by atoms with Crippen LogP contribution in [0.4, 0.5) is 0 Å². The predicted octanol–water partition coefficient (Wildman–Crippen LogP) is 0.888. The Bertz CT molecular complexity index is 311. The van der Waals surface area contributed by atoms with Gasteiger partial charge in [-0.3, -0.25) is 4.79 Å². The summed E-state index contributed by atoms with van der Waals surface area (Å²) in [4.78, 5) is 14.3. The average Bonchev–Trinajstić information content (AvgIpc) is 2.69. The van der Waals surface area contributed by atoms with Crippen LogP contribution in [-0.4, -0.2) is 48.3 Å². The Morgan fingerprint density at radius 2 is 1.94 bits per heavy atom. The molecule has 1 heterocycles. The number of hydrogen-bond donors (Lipinski definition) is 1. The first-order valence-corrected chi connectivity index (χ1v) is 6.33. The van der Waals surface area contributed by atoms with E-state index in [0.29, 0.717) is 19.7 Å². The van der Waals surface area contributed by atoms with Gasteiger partial charge in [-0.05, 0) is 10.8 Å². The summed E-state index contributed by atoms with van der Waals surface area (Å²) in [5.41, 5.74) is 0.161. The molecule has 4 nitrogen and oxygen atoms in total. The Kier molecular flexibility index (Phi) is 2.99. The highest BCUT2D eigenvalue weighted by Crippen LogP contribution is 2.68. The number of ether oxygens (including phenoxy) is 1. The second kappa shape index (κ2) is 3.95. The minimum absolute atomic E-state index is 0.0127. The number of aliphatic hydroxyl groups is 1. The first-order valence-electron chi connectivity index (χ1n) is 6.33. The summed E-state index contributed by atoms with van der Waals surface area (Å²) in [6, 6.07) is 0. The molecule has 2 fully saturated rings. The van der Waals surface area contributed by atoms with Crippen molar-refractivity contribution in [2.24, 2.45) is 16.7 Å². The Morgan fingerprint density at radius 3 is 2.41 bits per heavy atom. The zero-order valence-electron chi connectivity index (χ0n) is 11.2. The summed E-state index contributed by atoms with van der Waals surface area (Å²) in [5.74, 6) is 0.328. The molecule has 17 heavy (non-hydrogen) atoms. The predicted molar refractivity (Wildman–Crippen MR) is 64.5 cm³/mol. The normalized spacial score (nSPS) is 31.4. The van der Waals surface area contributed by atoms with Gasteiger partial charge in [0, 0.05) is 19.0 Å². The van der Waals surface area contributed by atoms with Crippen LogP contribution >= 0.6 is 0 Å². The molecule has 1 unspecified atom stereocenters. The standard InChI is InChI=1S/C13H23NO3/c1-12(2)10(13(12,3)4)11(16)14-5-6-17-9(7-14)8-15/h9-10,15H,5-8H2,1-4H3. The number of rotatable bonds is 2. The summed E-state index contributed by atoms with van der Waals surface area (Å²) in [6.45, 7) is 10.3. The summed E-state index contributed by atoms with van der Waals surface area (Å²) >= 11 is 0. The lowest BCUT2D eigenvalue weighted by atomic mass is 10.0. The van der Waals surface area contributed by atoms with Gasteiger partial charge < -0.3 is 14.7 Å². The molecule has 0 aromatic carbocycles. The van der Waals surface area contributed by atoms with Crippen LogP contribution in [0.3, 0.4) is 0 Å². The summed E-state index contributed by atoms with van der Waals surface area (Å²) in [7, 11) is 0. The van der Waals surface area contributed by atoms with Gasteiger partial charge in [-0.25, -0.2) is 0 Å². The van der Waals surface area contributed by atoms with Gasteiger partial charge in [0.1, 0.15) is 0 Å². The van der Waals surface area contributed by atoms with E-state index in [1.807, 2.05) is 4.90 Å². The second-order valence-electron chi connectivity index (χ2n) is 6.34. The van der Waals surface area contributed by atoms with Crippen molar-refractivity contribution < 1.29 is 14.6 Å². The molecule has 0 aromatic rings. The molecule has 0 bridgehead atoms. The topological polar surface area (TPSA) is 49.8 Å². The maximum absolute atomic E-state index is 12.4. The van der Waals surface area contributed by atoms with E-state index in [9.17, 15) is 4.79 Å². The largest absolute Gasteiger partial charge is 0.394 e. The zero-order valence-corrected chi connectivity index (χ0v) is 11.2. The lowest BCUT2D eigenvalue weighted by Crippen LogP contribution is -2.48. The number of aliphatic hydroxyl groups excluding tert-OH is 1. The van der Waals surface area contributed by atoms with Crippen molar-refractivity contribution in [3.05, 3.63) is 0 Å². The molecule has 98 valence electrons. The lowest BCUT2D eigenvalue weighted by Gasteiger charge is -2.32. The number of nitrogens with zero attached hydrogens (tertiary/aromatic N) is 1. The van der Waals surface area contributed by atoms with E-state index >= 15 is 0 Å². The van der Waals surface area contributed by atoms with Crippen molar-refractivity contribution in [3.63, 3.8) is 0 Å². The second-order valence-corrected chi connectivity index (χ2v) is 6.34. The number of morpholine rings is 1. The fraction of sp³-hybridized carbons (Fsp3) is 0.923. The highest BCUT2D eigenvalue weighted by Gasteiger charge is 2.68. The average molecular weight is 241 g/mol. The van der Waals surface area contributed by atoms with Crippen LogP contribution in [0, 0.1) is 16.7 Å². The van der Waals surface area contributed by atoms with Crippen LogP contribution in [0.1, 0.15) is 27.7 Å². The molecule has 0 aromatic heterocycles. The van der Waals surface area contributed by atoms with Crippen LogP contribution in [0.2, 0.25) is 0 Å². The summed E-state index contributed by atoms with van der Waals surface area (Å²) in [5, 5.41) is 9.09. The Hall–Kier alpha value is -0.610. The maximum Gasteiger partial charge on any atom is 0.226 e. The number of hydrogen-bond acceptors (Lipinski definition) is 3. The molecule has 1 aliphatic heterocycles. The minimum atomic E-state index is -0.210. The molecule has 2 rings (SSSR count). The highest BCUT2D eigenvalue weighted by atomic mass is 16.5. The third kappa shape index (κ3) is 1.87. The van der Waals surface area contributed by atoms with Crippen LogP contribution in [0.15, 0.2) is 0 Å². The van der Waals surface area contributed by atoms with E-state index in [0.717, 1.165) is 0 Å². The zero-order chi connectivity index (χ0) is 12.8. The van der Waals surface area contributed by atoms with Gasteiger partial charge in [0.05, 0.1) is 19.3 Å². The van der Waals surface area contributed by atoms with Crippen molar-refractivity contribution in [2.45, 2.75) is 33.8 Å². The van der Waals surface area contributed by atoms with Crippen LogP contribution in [0.25, 0.3) is 0 Å². The smallest absolute Gasteiger partial charge is 0.226 e. The van der Waals surface area contributed by atoms with Gasteiger partial charge in [-0.15, -0.1) is 0 Å². The minimum Gasteiger partial charge on any atom is -0.394 e. The van der Waals surface area contributed by atoms with Crippen LogP contribution < -0.4 is 0 Å². The third-order valence-electron chi connectivity index (χ3n) is 4.92. The quantitative estimate of drug-likeness (QED) is 0.781. The Morgan fingerprint density at radius 1 is 1.35 bits per heavy atom. The highest BCUT2D eigenvalue weighted by molar-refractivity contribution is 5.84. The molecule has 2 aliphatic rings. The van der Waals surface area contributed by atoms with E-state index in [2.05, 4.69) is 27.7 Å². The van der Waals surface area contributed by atoms with E-state index in [1.54, 1.807) is 0 Å². The first-order chi connectivity index (χ1) is 7.82. The Balaban J connectivity index is 2.02. The molecule has 0 radical (unpaired) electrons. The molecule has 1 amide bonds. The van der Waals surface area contributed by atoms with Crippen molar-refractivity contribution in [1.29, 1.82) is 0 Å². The number of carbonyl (C=O) groups excluding carboxylic acids is 1. The fourth-order valence-corrected chi connectivity index (χ4v) is 3.03. The first kappa shape index (κ1) is 12.8. The molecule has 1 aliphatic carbocycles. The fourth-order valence-electron chi connectivity index (χ4n) is 3.03. The van der Waals surface area contributed by atoms with Gasteiger partial charge >= 0.3 is 0 Å². The molecule has 1 saturated heterocycles. The van der Waals surface area contributed by atoms with Gasteiger partial charge in [0.15, 0.2) is 0 Å². The number of carbonyl (C=O) groups is 1. The van der Waals surface area contributed by atoms with Crippen molar-refractivity contribution in [1.82, 2.24) is 4.90 Å². The summed E-state index contributed by atoms with van der Waals surface area (Å²) < 4.78 is 5.37. The van der Waals surface area contributed by atoms with Gasteiger partial charge in [0.25, 0.3) is 0 Å². The maximum atomic E-state index is 12.4. The van der Waals surface area contributed by atoms with Crippen LogP contribution in [0.5, 0.6) is 0 Å². The Labute approximate surface area is 103 Å². The van der Waals surface area contributed by atoms with Crippen LogP contribution in [-0.2, 0) is 9.53 Å². The third-order valence-corrected chi connectivity index (χ3v) is 4.92. The molecule has 0 spiro atoms. The molecule has 4 heteroatoms. The lowest BCUT2D eigenvalue weighted by molar-refractivity contribution is -0.142. The van der Waals surface area contributed by atoms with E-state index in [1.165, 1.54) is 0 Å². The van der Waals surface area contributed by atoms with Gasteiger partial charge in [-0.2, -0.15) is 0 Å². The SMILES string of the molecule is CC1(C)C(C(=O)N2CCOC(CO)C2)C1(C)C. The summed E-state index contributed by atoms with van der Waals surface area (Å²) in [6.07, 6.45) is -0.210. The molecular weight excluding hydrogens is 218 g/mol.